The Labute approximate surface area is 174 Å². The molecule has 3 heterocycles. The van der Waals surface area contributed by atoms with Crippen molar-refractivity contribution in [2.45, 2.75) is 44.9 Å². The van der Waals surface area contributed by atoms with Crippen molar-refractivity contribution in [3.63, 3.8) is 0 Å². The summed E-state index contributed by atoms with van der Waals surface area (Å²) in [4.78, 5) is 16.6. The highest BCUT2D eigenvalue weighted by atomic mass is 19.1. The van der Waals surface area contributed by atoms with Gasteiger partial charge in [0.1, 0.15) is 30.9 Å². The molecule has 0 spiro atoms. The molecule has 1 aromatic carbocycles. The topological polar surface area (TPSA) is 80.9 Å². The van der Waals surface area contributed by atoms with Gasteiger partial charge in [0, 0.05) is 25.6 Å². The predicted octanol–water partition coefficient (Wildman–Crippen LogP) is 2.04. The van der Waals surface area contributed by atoms with Gasteiger partial charge in [0.25, 0.3) is 0 Å². The Bertz CT molecular complexity index is 836. The summed E-state index contributed by atoms with van der Waals surface area (Å²) in [6, 6.07) is 6.09. The first-order valence-electron chi connectivity index (χ1n) is 10.4. The first-order chi connectivity index (χ1) is 14.6. The van der Waals surface area contributed by atoms with Crippen molar-refractivity contribution in [1.82, 2.24) is 20.0 Å². The van der Waals surface area contributed by atoms with Crippen LogP contribution in [0, 0.1) is 5.82 Å². The van der Waals surface area contributed by atoms with Gasteiger partial charge < -0.3 is 18.8 Å². The van der Waals surface area contributed by atoms with Gasteiger partial charge in [-0.15, -0.1) is 10.2 Å². The number of amides is 1. The molecule has 1 unspecified atom stereocenters. The minimum atomic E-state index is -0.302. The number of ether oxygens (including phenoxy) is 2. The van der Waals surface area contributed by atoms with E-state index in [9.17, 15) is 9.18 Å². The normalized spacial score (nSPS) is 21.2. The number of rotatable bonds is 7. The highest BCUT2D eigenvalue weighted by molar-refractivity contribution is 5.78. The van der Waals surface area contributed by atoms with Gasteiger partial charge in [-0.3, -0.25) is 9.69 Å². The summed E-state index contributed by atoms with van der Waals surface area (Å²) < 4.78 is 30.0. The maximum Gasteiger partial charge on any atom is 0.248 e. The number of carbonyl (C=O) groups excluding carboxylic acids is 1. The monoisotopic (exact) mass is 418 g/mol. The Morgan fingerprint density at radius 1 is 1.17 bits per heavy atom. The minimum absolute atomic E-state index is 0.0240. The summed E-state index contributed by atoms with van der Waals surface area (Å²) in [6.45, 7) is 5.27. The van der Waals surface area contributed by atoms with E-state index in [2.05, 4.69) is 15.1 Å². The molecule has 0 N–H and O–H groups in total. The first kappa shape index (κ1) is 20.7. The second kappa shape index (κ2) is 9.53. The Balaban J connectivity index is 1.25. The van der Waals surface area contributed by atoms with E-state index in [1.807, 2.05) is 11.8 Å². The molecule has 1 aromatic heterocycles. The van der Waals surface area contributed by atoms with Gasteiger partial charge in [-0.25, -0.2) is 4.39 Å². The summed E-state index contributed by atoms with van der Waals surface area (Å²) in [5.41, 5.74) is 0. The second-order valence-corrected chi connectivity index (χ2v) is 7.69. The maximum absolute atomic E-state index is 13.0. The van der Waals surface area contributed by atoms with E-state index in [0.717, 1.165) is 32.4 Å². The zero-order chi connectivity index (χ0) is 20.9. The maximum atomic E-state index is 13.0. The van der Waals surface area contributed by atoms with Crippen molar-refractivity contribution < 1.29 is 23.1 Å². The lowest BCUT2D eigenvalue weighted by molar-refractivity contribution is -0.155. The quantitative estimate of drug-likeness (QED) is 0.681. The molecule has 2 aliphatic heterocycles. The van der Waals surface area contributed by atoms with Gasteiger partial charge in [0.05, 0.1) is 13.1 Å². The largest absolute Gasteiger partial charge is 0.491 e. The fourth-order valence-corrected chi connectivity index (χ4v) is 3.90. The Kier molecular flexibility index (Phi) is 6.59. The third-order valence-corrected chi connectivity index (χ3v) is 5.58. The van der Waals surface area contributed by atoms with E-state index in [1.54, 1.807) is 12.1 Å². The van der Waals surface area contributed by atoms with E-state index in [-0.39, 0.29) is 30.5 Å². The molecule has 0 bridgehead atoms. The summed E-state index contributed by atoms with van der Waals surface area (Å²) >= 11 is 0. The number of piperidine rings is 1. The SMILES string of the molecule is CCc1nnc(CN2CCC(N3CC(COc4ccc(F)cc4)OCC3=O)CC2)o1. The van der Waals surface area contributed by atoms with Crippen LogP contribution >= 0.6 is 0 Å². The number of nitrogens with zero attached hydrogens (tertiary/aromatic N) is 4. The van der Waals surface area contributed by atoms with Crippen LogP contribution in [0.25, 0.3) is 0 Å². The summed E-state index contributed by atoms with van der Waals surface area (Å²) in [5, 5.41) is 8.10. The van der Waals surface area contributed by atoms with Crippen LogP contribution in [-0.2, 0) is 22.5 Å². The van der Waals surface area contributed by atoms with E-state index in [4.69, 9.17) is 13.9 Å². The standard InChI is InChI=1S/C21H27FN4O4/c1-2-19-23-24-20(30-19)12-25-9-7-16(8-10-25)26-11-18(29-14-21(26)27)13-28-17-5-3-15(22)4-6-17/h3-6,16,18H,2,7-14H2,1H3. The number of halogens is 1. The molecule has 8 nitrogen and oxygen atoms in total. The number of aryl methyl sites for hydroxylation is 1. The van der Waals surface area contributed by atoms with Crippen molar-refractivity contribution in [2.24, 2.45) is 0 Å². The zero-order valence-corrected chi connectivity index (χ0v) is 17.1. The molecule has 2 aliphatic rings. The van der Waals surface area contributed by atoms with Crippen molar-refractivity contribution in [3.05, 3.63) is 41.9 Å². The average Bonchev–Trinajstić information content (AvgIpc) is 3.22. The molecule has 2 saturated heterocycles. The summed E-state index contributed by atoms with van der Waals surface area (Å²) in [5.74, 6) is 1.61. The molecule has 30 heavy (non-hydrogen) atoms. The van der Waals surface area contributed by atoms with Crippen molar-refractivity contribution in [3.8, 4) is 5.75 Å². The molecule has 2 fully saturated rings. The van der Waals surface area contributed by atoms with Gasteiger partial charge in [0.15, 0.2) is 0 Å². The van der Waals surface area contributed by atoms with Crippen LogP contribution in [0.2, 0.25) is 0 Å². The average molecular weight is 418 g/mol. The molecule has 2 aromatic rings. The van der Waals surface area contributed by atoms with Crippen molar-refractivity contribution >= 4 is 5.91 Å². The number of likely N-dealkylation sites (tertiary alicyclic amines) is 1. The van der Waals surface area contributed by atoms with Gasteiger partial charge in [0.2, 0.25) is 17.7 Å². The van der Waals surface area contributed by atoms with Crippen LogP contribution in [-0.4, -0.2) is 70.9 Å². The van der Waals surface area contributed by atoms with Gasteiger partial charge >= 0.3 is 0 Å². The fourth-order valence-electron chi connectivity index (χ4n) is 3.90. The first-order valence-corrected chi connectivity index (χ1v) is 10.4. The Hall–Kier alpha value is -2.52. The number of hydrogen-bond acceptors (Lipinski definition) is 7. The third-order valence-electron chi connectivity index (χ3n) is 5.58. The Morgan fingerprint density at radius 3 is 2.60 bits per heavy atom. The number of aromatic nitrogens is 2. The highest BCUT2D eigenvalue weighted by Gasteiger charge is 2.34. The molecule has 0 aliphatic carbocycles. The third kappa shape index (κ3) is 5.14. The minimum Gasteiger partial charge on any atom is -0.491 e. The zero-order valence-electron chi connectivity index (χ0n) is 17.1. The van der Waals surface area contributed by atoms with Crippen molar-refractivity contribution in [2.75, 3.05) is 32.8 Å². The number of morpholine rings is 1. The molecule has 162 valence electrons. The molecule has 0 saturated carbocycles. The Morgan fingerprint density at radius 2 is 1.90 bits per heavy atom. The predicted molar refractivity (Wildman–Crippen MR) is 105 cm³/mol. The van der Waals surface area contributed by atoms with Gasteiger partial charge in [-0.2, -0.15) is 0 Å². The van der Waals surface area contributed by atoms with Crippen LogP contribution < -0.4 is 4.74 Å². The van der Waals surface area contributed by atoms with Crippen LogP contribution in [0.1, 0.15) is 31.5 Å². The van der Waals surface area contributed by atoms with Crippen molar-refractivity contribution in [1.29, 1.82) is 0 Å². The van der Waals surface area contributed by atoms with E-state index >= 15 is 0 Å². The second-order valence-electron chi connectivity index (χ2n) is 7.69. The molecule has 1 amide bonds. The lowest BCUT2D eigenvalue weighted by atomic mass is 10.0. The van der Waals surface area contributed by atoms with Crippen LogP contribution in [0.15, 0.2) is 28.7 Å². The lowest BCUT2D eigenvalue weighted by Gasteiger charge is -2.41. The van der Waals surface area contributed by atoms with Gasteiger partial charge in [-0.1, -0.05) is 6.92 Å². The molecule has 4 rings (SSSR count). The fraction of sp³-hybridized carbons (Fsp3) is 0.571. The molecule has 9 heteroatoms. The number of benzene rings is 1. The number of carbonyl (C=O) groups is 1. The van der Waals surface area contributed by atoms with Crippen LogP contribution in [0.5, 0.6) is 5.75 Å². The van der Waals surface area contributed by atoms with E-state index < -0.39 is 0 Å². The highest BCUT2D eigenvalue weighted by Crippen LogP contribution is 2.22. The molecular formula is C21H27FN4O4. The lowest BCUT2D eigenvalue weighted by Crippen LogP contribution is -2.55. The van der Waals surface area contributed by atoms with Crippen LogP contribution in [0.4, 0.5) is 4.39 Å². The van der Waals surface area contributed by atoms with E-state index in [1.165, 1.54) is 12.1 Å². The molecular weight excluding hydrogens is 391 g/mol. The van der Waals surface area contributed by atoms with Crippen LogP contribution in [0.3, 0.4) is 0 Å². The number of hydrogen-bond donors (Lipinski definition) is 0. The molecule has 0 radical (unpaired) electrons. The van der Waals surface area contributed by atoms with Gasteiger partial charge in [-0.05, 0) is 37.1 Å². The smallest absolute Gasteiger partial charge is 0.248 e. The summed E-state index contributed by atoms with van der Waals surface area (Å²) in [7, 11) is 0. The van der Waals surface area contributed by atoms with E-state index in [0.29, 0.717) is 37.2 Å². The summed E-state index contributed by atoms with van der Waals surface area (Å²) in [6.07, 6.45) is 2.33. The molecule has 1 atom stereocenters.